The van der Waals surface area contributed by atoms with Crippen LogP contribution in [0.2, 0.25) is 0 Å². The summed E-state index contributed by atoms with van der Waals surface area (Å²) >= 11 is 0. The smallest absolute Gasteiger partial charge is 0.411 e. The van der Waals surface area contributed by atoms with Crippen LogP contribution in [0.15, 0.2) is 48.5 Å². The van der Waals surface area contributed by atoms with Crippen LogP contribution in [0.3, 0.4) is 0 Å². The molecule has 0 heterocycles. The van der Waals surface area contributed by atoms with Gasteiger partial charge in [-0.25, -0.2) is 0 Å². The number of carbonyl (C=O) groups is 2. The van der Waals surface area contributed by atoms with Crippen molar-refractivity contribution in [3.8, 4) is 5.75 Å². The lowest BCUT2D eigenvalue weighted by molar-refractivity contribution is -0.176. The van der Waals surface area contributed by atoms with Crippen molar-refractivity contribution >= 4 is 11.8 Å². The Morgan fingerprint density at radius 3 is 1.86 bits per heavy atom. The Kier molecular flexibility index (Phi) is 7.39. The highest BCUT2D eigenvalue weighted by Crippen LogP contribution is 2.16. The third-order valence-electron chi connectivity index (χ3n) is 3.47. The Labute approximate surface area is 159 Å². The molecule has 0 fully saturated rings. The zero-order chi connectivity index (χ0) is 20.6. The molecular weight excluding hydrogens is 377 g/mol. The maximum atomic E-state index is 12.1. The van der Waals surface area contributed by atoms with Gasteiger partial charge in [0.15, 0.2) is 0 Å². The highest BCUT2D eigenvalue weighted by atomic mass is 19.4. The third kappa shape index (κ3) is 6.92. The number of carbonyl (C=O) groups excluding carboxylic acids is 2. The van der Waals surface area contributed by atoms with Gasteiger partial charge in [0.25, 0.3) is 11.8 Å². The molecule has 0 unspecified atom stereocenters. The lowest BCUT2D eigenvalue weighted by atomic mass is 10.1. The number of hydrogen-bond acceptors (Lipinski definition) is 4. The zero-order valence-electron chi connectivity index (χ0n) is 15.0. The Morgan fingerprint density at radius 2 is 1.39 bits per heavy atom. The van der Waals surface area contributed by atoms with Crippen molar-refractivity contribution in [3.05, 3.63) is 65.2 Å². The van der Waals surface area contributed by atoms with E-state index in [1.807, 2.05) is 6.92 Å². The van der Waals surface area contributed by atoms with Crippen molar-refractivity contribution < 1.29 is 32.2 Å². The summed E-state index contributed by atoms with van der Waals surface area (Å²) in [5, 5.41) is 0. The molecule has 0 aliphatic heterocycles. The topological polar surface area (TPSA) is 76.7 Å². The van der Waals surface area contributed by atoms with E-state index in [4.69, 9.17) is 4.74 Å². The summed E-state index contributed by atoms with van der Waals surface area (Å²) in [6, 6.07) is 12.2. The number of nitrogens with one attached hydrogen (secondary N) is 2. The minimum Gasteiger partial charge on any atom is -0.494 e. The number of alkyl halides is 3. The van der Waals surface area contributed by atoms with E-state index < -0.39 is 24.6 Å². The van der Waals surface area contributed by atoms with Crippen molar-refractivity contribution in [2.75, 3.05) is 13.2 Å². The summed E-state index contributed by atoms with van der Waals surface area (Å²) < 4.78 is 45.9. The fourth-order valence-corrected chi connectivity index (χ4v) is 2.16. The van der Waals surface area contributed by atoms with E-state index in [-0.39, 0.29) is 12.2 Å². The van der Waals surface area contributed by atoms with E-state index >= 15 is 0 Å². The minimum atomic E-state index is -4.39. The Morgan fingerprint density at radius 1 is 0.893 bits per heavy atom. The van der Waals surface area contributed by atoms with Gasteiger partial charge in [-0.05, 0) is 48.9 Å². The molecule has 0 atom stereocenters. The summed E-state index contributed by atoms with van der Waals surface area (Å²) in [6.07, 6.45) is -4.39. The maximum Gasteiger partial charge on any atom is 0.411 e. The third-order valence-corrected chi connectivity index (χ3v) is 3.47. The molecule has 2 N–H and O–H groups in total. The maximum absolute atomic E-state index is 12.1. The molecule has 0 saturated carbocycles. The first-order chi connectivity index (χ1) is 13.3. The van der Waals surface area contributed by atoms with E-state index in [1.54, 1.807) is 24.3 Å². The van der Waals surface area contributed by atoms with E-state index in [1.165, 1.54) is 24.3 Å². The van der Waals surface area contributed by atoms with E-state index in [2.05, 4.69) is 15.6 Å². The summed E-state index contributed by atoms with van der Waals surface area (Å²) in [5.41, 5.74) is 5.60. The molecule has 150 valence electrons. The molecule has 9 heteroatoms. The molecule has 0 aromatic heterocycles. The monoisotopic (exact) mass is 396 g/mol. The number of hydrazine groups is 1. The lowest BCUT2D eigenvalue weighted by Crippen LogP contribution is -2.41. The van der Waals surface area contributed by atoms with Crippen LogP contribution in [0.25, 0.3) is 0 Å². The number of hydrogen-bond donors (Lipinski definition) is 2. The van der Waals surface area contributed by atoms with Crippen molar-refractivity contribution in [1.82, 2.24) is 10.9 Å². The summed E-state index contributed by atoms with van der Waals surface area (Å²) in [7, 11) is 0. The molecule has 28 heavy (non-hydrogen) atoms. The van der Waals surface area contributed by atoms with Gasteiger partial charge in [-0.15, -0.1) is 0 Å². The SMILES string of the molecule is CCOc1ccc(C(=O)NNC(=O)c2ccc(COCC(F)(F)F)cc2)cc1. The van der Waals surface area contributed by atoms with Gasteiger partial charge in [0.05, 0.1) is 13.2 Å². The zero-order valence-corrected chi connectivity index (χ0v) is 15.0. The summed E-state index contributed by atoms with van der Waals surface area (Å²) in [4.78, 5) is 24.1. The van der Waals surface area contributed by atoms with Gasteiger partial charge in [0.2, 0.25) is 0 Å². The standard InChI is InChI=1S/C19H19F3N2O4/c1-2-28-16-9-7-15(8-10-16)18(26)24-23-17(25)14-5-3-13(4-6-14)11-27-12-19(20,21)22/h3-10H,2,11-12H2,1H3,(H,23,25)(H,24,26). The van der Waals surface area contributed by atoms with E-state index in [0.29, 0.717) is 23.5 Å². The van der Waals surface area contributed by atoms with Crippen LogP contribution in [0.5, 0.6) is 5.75 Å². The van der Waals surface area contributed by atoms with Crippen molar-refractivity contribution in [3.63, 3.8) is 0 Å². The number of ether oxygens (including phenoxy) is 2. The average molecular weight is 396 g/mol. The normalized spacial score (nSPS) is 11.0. The highest BCUT2D eigenvalue weighted by molar-refractivity contribution is 5.99. The molecule has 0 bridgehead atoms. The van der Waals surface area contributed by atoms with Crippen LogP contribution < -0.4 is 15.6 Å². The molecule has 0 radical (unpaired) electrons. The second-order valence-electron chi connectivity index (χ2n) is 5.67. The van der Waals surface area contributed by atoms with Crippen LogP contribution in [0, 0.1) is 0 Å². The van der Waals surface area contributed by atoms with Crippen LogP contribution in [-0.2, 0) is 11.3 Å². The first-order valence-electron chi connectivity index (χ1n) is 8.35. The van der Waals surface area contributed by atoms with Gasteiger partial charge in [-0.1, -0.05) is 12.1 Å². The van der Waals surface area contributed by atoms with Crippen LogP contribution in [-0.4, -0.2) is 31.2 Å². The van der Waals surface area contributed by atoms with Gasteiger partial charge in [0, 0.05) is 11.1 Å². The molecule has 2 aromatic rings. The van der Waals surface area contributed by atoms with Crippen molar-refractivity contribution in [2.45, 2.75) is 19.7 Å². The Hall–Kier alpha value is -3.07. The molecule has 0 saturated heterocycles. The van der Waals surface area contributed by atoms with Gasteiger partial charge < -0.3 is 9.47 Å². The Bertz CT molecular complexity index is 790. The second-order valence-corrected chi connectivity index (χ2v) is 5.67. The Balaban J connectivity index is 1.82. The number of halogens is 3. The lowest BCUT2D eigenvalue weighted by Gasteiger charge is -2.10. The average Bonchev–Trinajstić information content (AvgIpc) is 2.66. The molecule has 0 aliphatic rings. The van der Waals surface area contributed by atoms with E-state index in [0.717, 1.165) is 0 Å². The second kappa shape index (κ2) is 9.75. The molecule has 2 amide bonds. The van der Waals surface area contributed by atoms with Crippen LogP contribution >= 0.6 is 0 Å². The fraction of sp³-hybridized carbons (Fsp3) is 0.263. The largest absolute Gasteiger partial charge is 0.494 e. The van der Waals surface area contributed by atoms with Crippen molar-refractivity contribution in [2.24, 2.45) is 0 Å². The van der Waals surface area contributed by atoms with E-state index in [9.17, 15) is 22.8 Å². The first-order valence-corrected chi connectivity index (χ1v) is 8.35. The van der Waals surface area contributed by atoms with Crippen LogP contribution in [0.4, 0.5) is 13.2 Å². The van der Waals surface area contributed by atoms with Gasteiger partial charge in [-0.3, -0.25) is 20.4 Å². The van der Waals surface area contributed by atoms with Crippen LogP contribution in [0.1, 0.15) is 33.2 Å². The molecule has 2 aromatic carbocycles. The van der Waals surface area contributed by atoms with Gasteiger partial charge in [0.1, 0.15) is 12.4 Å². The predicted molar refractivity (Wildman–Crippen MR) is 94.7 cm³/mol. The van der Waals surface area contributed by atoms with Gasteiger partial charge >= 0.3 is 6.18 Å². The quantitative estimate of drug-likeness (QED) is 0.705. The first kappa shape index (κ1) is 21.2. The predicted octanol–water partition coefficient (Wildman–Crippen LogP) is 3.24. The number of rotatable bonds is 7. The number of benzene rings is 2. The molecule has 0 spiro atoms. The molecule has 2 rings (SSSR count). The molecular formula is C19H19F3N2O4. The molecule has 6 nitrogen and oxygen atoms in total. The minimum absolute atomic E-state index is 0.226. The number of amides is 2. The van der Waals surface area contributed by atoms with Gasteiger partial charge in [-0.2, -0.15) is 13.2 Å². The fourth-order valence-electron chi connectivity index (χ4n) is 2.16. The van der Waals surface area contributed by atoms with Crippen molar-refractivity contribution in [1.29, 1.82) is 0 Å². The summed E-state index contributed by atoms with van der Waals surface area (Å²) in [6.45, 7) is 0.788. The summed E-state index contributed by atoms with van der Waals surface area (Å²) in [5.74, 6) is -0.446. The molecule has 0 aliphatic carbocycles. The highest BCUT2D eigenvalue weighted by Gasteiger charge is 2.27.